The molecule has 0 aliphatic rings. The highest BCUT2D eigenvalue weighted by Crippen LogP contribution is 2.12. The summed E-state index contributed by atoms with van der Waals surface area (Å²) >= 11 is 0. The molecule has 2 aromatic carbocycles. The lowest BCUT2D eigenvalue weighted by Crippen LogP contribution is -2.52. The fourth-order valence-electron chi connectivity index (χ4n) is 2.64. The first-order valence-electron chi connectivity index (χ1n) is 8.47. The zero-order valence-corrected chi connectivity index (χ0v) is 14.9. The Bertz CT molecular complexity index is 790. The van der Waals surface area contributed by atoms with Gasteiger partial charge in [-0.15, -0.1) is 0 Å². The zero-order valence-electron chi connectivity index (χ0n) is 14.9. The number of carboxylic acids is 1. The van der Waals surface area contributed by atoms with Crippen LogP contribution in [0.2, 0.25) is 0 Å². The minimum atomic E-state index is -1.15. The predicted octanol–water partition coefficient (Wildman–Crippen LogP) is 1.25. The summed E-state index contributed by atoms with van der Waals surface area (Å²) in [7, 11) is 0. The molecular weight excluding hydrogens is 348 g/mol. The Balaban J connectivity index is 2.10. The van der Waals surface area contributed by atoms with Gasteiger partial charge in [0.1, 0.15) is 17.8 Å². The molecule has 0 saturated carbocycles. The molecule has 2 atom stereocenters. The number of hydrogen-bond acceptors (Lipinski definition) is 4. The van der Waals surface area contributed by atoms with Crippen LogP contribution in [0, 0.1) is 0 Å². The number of nitrogens with one attached hydrogen (secondary N) is 2. The third-order valence-corrected chi connectivity index (χ3v) is 3.97. The van der Waals surface area contributed by atoms with Crippen molar-refractivity contribution in [2.24, 2.45) is 0 Å². The van der Waals surface area contributed by atoms with E-state index in [1.165, 1.54) is 19.1 Å². The number of rotatable bonds is 8. The van der Waals surface area contributed by atoms with E-state index in [0.29, 0.717) is 0 Å². The lowest BCUT2D eigenvalue weighted by atomic mass is 10.0. The molecule has 7 nitrogen and oxygen atoms in total. The van der Waals surface area contributed by atoms with Gasteiger partial charge in [-0.05, 0) is 23.3 Å². The van der Waals surface area contributed by atoms with Crippen LogP contribution < -0.4 is 10.6 Å². The molecule has 7 heteroatoms. The van der Waals surface area contributed by atoms with Crippen LogP contribution in [0.4, 0.5) is 0 Å². The lowest BCUT2D eigenvalue weighted by molar-refractivity contribution is -0.142. The molecule has 2 aromatic rings. The molecule has 0 aromatic heterocycles. The summed E-state index contributed by atoms with van der Waals surface area (Å²) in [5, 5.41) is 23.8. The van der Waals surface area contributed by atoms with E-state index < -0.39 is 29.9 Å². The maximum Gasteiger partial charge on any atom is 0.326 e. The summed E-state index contributed by atoms with van der Waals surface area (Å²) in [5.74, 6) is -2.04. The number of phenolic OH excluding ortho intramolecular Hbond substituents is 1. The number of amides is 2. The van der Waals surface area contributed by atoms with Crippen molar-refractivity contribution in [3.63, 3.8) is 0 Å². The Morgan fingerprint density at radius 2 is 1.41 bits per heavy atom. The molecule has 0 saturated heterocycles. The second-order valence-corrected chi connectivity index (χ2v) is 6.21. The van der Waals surface area contributed by atoms with Crippen LogP contribution in [-0.2, 0) is 27.2 Å². The molecule has 0 aliphatic heterocycles. The van der Waals surface area contributed by atoms with Gasteiger partial charge in [0.15, 0.2) is 0 Å². The average molecular weight is 370 g/mol. The van der Waals surface area contributed by atoms with E-state index in [2.05, 4.69) is 10.6 Å². The topological polar surface area (TPSA) is 116 Å². The molecule has 2 rings (SSSR count). The van der Waals surface area contributed by atoms with E-state index in [0.717, 1.165) is 11.1 Å². The van der Waals surface area contributed by atoms with Crippen molar-refractivity contribution in [2.45, 2.75) is 31.8 Å². The second-order valence-electron chi connectivity index (χ2n) is 6.21. The quantitative estimate of drug-likeness (QED) is 0.558. The number of benzene rings is 2. The number of hydrogen-bond donors (Lipinski definition) is 4. The first-order chi connectivity index (χ1) is 12.8. The van der Waals surface area contributed by atoms with E-state index in [4.69, 9.17) is 0 Å². The summed E-state index contributed by atoms with van der Waals surface area (Å²) in [6.07, 6.45) is 0.303. The fraction of sp³-hybridized carbons (Fsp3) is 0.250. The summed E-state index contributed by atoms with van der Waals surface area (Å²) in [6.45, 7) is 1.29. The zero-order chi connectivity index (χ0) is 19.8. The van der Waals surface area contributed by atoms with Gasteiger partial charge in [0.2, 0.25) is 11.8 Å². The molecule has 0 heterocycles. The van der Waals surface area contributed by atoms with E-state index in [9.17, 15) is 24.6 Å². The maximum atomic E-state index is 12.6. The van der Waals surface area contributed by atoms with E-state index in [1.807, 2.05) is 6.07 Å². The fourth-order valence-corrected chi connectivity index (χ4v) is 2.64. The number of carbonyl (C=O) groups excluding carboxylic acids is 2. The molecule has 0 radical (unpaired) electrons. The van der Waals surface area contributed by atoms with Crippen molar-refractivity contribution < 1.29 is 24.6 Å². The van der Waals surface area contributed by atoms with Crippen LogP contribution in [-0.4, -0.2) is 40.1 Å². The highest BCUT2D eigenvalue weighted by molar-refractivity contribution is 5.90. The minimum absolute atomic E-state index is 0.0908. The second kappa shape index (κ2) is 9.38. The lowest BCUT2D eigenvalue weighted by Gasteiger charge is -2.21. The van der Waals surface area contributed by atoms with Crippen LogP contribution in [0.15, 0.2) is 54.6 Å². The third kappa shape index (κ3) is 6.47. The van der Waals surface area contributed by atoms with E-state index in [-0.39, 0.29) is 18.6 Å². The Morgan fingerprint density at radius 1 is 0.852 bits per heavy atom. The largest absolute Gasteiger partial charge is 0.508 e. The normalized spacial score (nSPS) is 12.6. The first-order valence-corrected chi connectivity index (χ1v) is 8.47. The SMILES string of the molecule is CC(=O)N[C@@H](Cc1ccc(O)cc1)C(=O)N[C@H](Cc1ccccc1)C(=O)O. The molecule has 0 bridgehead atoms. The molecule has 27 heavy (non-hydrogen) atoms. The number of carboxylic acid groups (broad SMARTS) is 1. The monoisotopic (exact) mass is 370 g/mol. The highest BCUT2D eigenvalue weighted by Gasteiger charge is 2.26. The first kappa shape index (κ1) is 20.0. The predicted molar refractivity (Wildman–Crippen MR) is 99.1 cm³/mol. The summed E-state index contributed by atoms with van der Waals surface area (Å²) in [6, 6.07) is 13.2. The standard InChI is InChI=1S/C20H22N2O5/c1-13(23)21-17(11-15-7-9-16(24)10-8-15)19(25)22-18(20(26)27)12-14-5-3-2-4-6-14/h2-10,17-18,24H,11-12H2,1H3,(H,21,23)(H,22,25)(H,26,27)/t17-,18+/m0/s1. The molecule has 2 amide bonds. The molecule has 0 spiro atoms. The van der Waals surface area contributed by atoms with Crippen LogP contribution in [0.1, 0.15) is 18.1 Å². The van der Waals surface area contributed by atoms with Gasteiger partial charge in [0, 0.05) is 19.8 Å². The van der Waals surface area contributed by atoms with Gasteiger partial charge >= 0.3 is 5.97 Å². The Hall–Kier alpha value is -3.35. The van der Waals surface area contributed by atoms with Crippen molar-refractivity contribution in [1.29, 1.82) is 0 Å². The van der Waals surface area contributed by atoms with Gasteiger partial charge < -0.3 is 20.8 Å². The highest BCUT2D eigenvalue weighted by atomic mass is 16.4. The van der Waals surface area contributed by atoms with Crippen molar-refractivity contribution in [3.05, 3.63) is 65.7 Å². The Kier molecular flexibility index (Phi) is 6.93. The number of carbonyl (C=O) groups is 3. The van der Waals surface area contributed by atoms with Crippen molar-refractivity contribution in [1.82, 2.24) is 10.6 Å². The Labute approximate surface area is 157 Å². The van der Waals surface area contributed by atoms with Crippen molar-refractivity contribution in [3.8, 4) is 5.75 Å². The molecule has 4 N–H and O–H groups in total. The maximum absolute atomic E-state index is 12.6. The third-order valence-electron chi connectivity index (χ3n) is 3.97. The van der Waals surface area contributed by atoms with Crippen molar-refractivity contribution >= 4 is 17.8 Å². The number of phenols is 1. The Morgan fingerprint density at radius 3 is 1.96 bits per heavy atom. The average Bonchev–Trinajstić information content (AvgIpc) is 2.62. The summed E-state index contributed by atoms with van der Waals surface area (Å²) in [5.41, 5.74) is 1.50. The van der Waals surface area contributed by atoms with Gasteiger partial charge in [-0.3, -0.25) is 9.59 Å². The van der Waals surface area contributed by atoms with E-state index >= 15 is 0 Å². The van der Waals surface area contributed by atoms with Crippen molar-refractivity contribution in [2.75, 3.05) is 0 Å². The van der Waals surface area contributed by atoms with E-state index in [1.54, 1.807) is 36.4 Å². The van der Waals surface area contributed by atoms with Gasteiger partial charge in [-0.2, -0.15) is 0 Å². The van der Waals surface area contributed by atoms with Crippen LogP contribution in [0.5, 0.6) is 5.75 Å². The van der Waals surface area contributed by atoms with Gasteiger partial charge in [-0.25, -0.2) is 4.79 Å². The number of aliphatic carboxylic acids is 1. The molecule has 0 unspecified atom stereocenters. The van der Waals surface area contributed by atoms with Gasteiger partial charge in [0.25, 0.3) is 0 Å². The molecule has 142 valence electrons. The summed E-state index contributed by atoms with van der Waals surface area (Å²) in [4.78, 5) is 35.6. The van der Waals surface area contributed by atoms with Gasteiger partial charge in [0.05, 0.1) is 0 Å². The minimum Gasteiger partial charge on any atom is -0.508 e. The van der Waals surface area contributed by atoms with Crippen LogP contribution in [0.3, 0.4) is 0 Å². The molecular formula is C20H22N2O5. The van der Waals surface area contributed by atoms with Crippen LogP contribution >= 0.6 is 0 Å². The summed E-state index contributed by atoms with van der Waals surface area (Å²) < 4.78 is 0. The smallest absolute Gasteiger partial charge is 0.326 e. The van der Waals surface area contributed by atoms with Gasteiger partial charge in [-0.1, -0.05) is 42.5 Å². The number of aromatic hydroxyl groups is 1. The molecule has 0 aliphatic carbocycles. The molecule has 0 fully saturated rings. The van der Waals surface area contributed by atoms with Crippen LogP contribution in [0.25, 0.3) is 0 Å².